The van der Waals surface area contributed by atoms with E-state index in [1.54, 1.807) is 12.1 Å². The molecule has 0 atom stereocenters. The molecule has 0 radical (unpaired) electrons. The SMILES string of the molecule is O=C(CCCc1ccc(Cl)cc1)NNC(=O)c1cc(Cl)ccc1O. The fourth-order valence-corrected chi connectivity index (χ4v) is 2.35. The number of hydrazine groups is 1. The highest BCUT2D eigenvalue weighted by Gasteiger charge is 2.12. The summed E-state index contributed by atoms with van der Waals surface area (Å²) in [6.07, 6.45) is 1.61. The van der Waals surface area contributed by atoms with Gasteiger partial charge in [0.1, 0.15) is 5.75 Å². The van der Waals surface area contributed by atoms with Crippen molar-refractivity contribution in [3.05, 3.63) is 63.6 Å². The average Bonchev–Trinajstić information content (AvgIpc) is 2.56. The second-order valence-electron chi connectivity index (χ2n) is 5.14. The Morgan fingerprint density at radius 1 is 0.958 bits per heavy atom. The molecule has 2 aromatic carbocycles. The summed E-state index contributed by atoms with van der Waals surface area (Å²) in [5.74, 6) is -1.17. The molecule has 0 saturated carbocycles. The highest BCUT2D eigenvalue weighted by atomic mass is 35.5. The van der Waals surface area contributed by atoms with Crippen LogP contribution in [0.1, 0.15) is 28.8 Å². The summed E-state index contributed by atoms with van der Waals surface area (Å²) >= 11 is 11.6. The number of carbonyl (C=O) groups is 2. The van der Waals surface area contributed by atoms with Gasteiger partial charge in [-0.25, -0.2) is 0 Å². The smallest absolute Gasteiger partial charge is 0.273 e. The normalized spacial score (nSPS) is 10.2. The Bertz CT molecular complexity index is 733. The molecule has 24 heavy (non-hydrogen) atoms. The van der Waals surface area contributed by atoms with Crippen molar-refractivity contribution in [2.45, 2.75) is 19.3 Å². The monoisotopic (exact) mass is 366 g/mol. The fraction of sp³-hybridized carbons (Fsp3) is 0.176. The molecule has 0 saturated heterocycles. The zero-order valence-electron chi connectivity index (χ0n) is 12.7. The van der Waals surface area contributed by atoms with Crippen molar-refractivity contribution in [1.29, 1.82) is 0 Å². The third-order valence-corrected chi connectivity index (χ3v) is 3.79. The van der Waals surface area contributed by atoms with Gasteiger partial charge in [-0.2, -0.15) is 0 Å². The minimum Gasteiger partial charge on any atom is -0.507 e. The van der Waals surface area contributed by atoms with Crippen molar-refractivity contribution in [2.75, 3.05) is 0 Å². The zero-order chi connectivity index (χ0) is 17.5. The second kappa shape index (κ2) is 8.57. The Kier molecular flexibility index (Phi) is 6.46. The Morgan fingerprint density at radius 3 is 2.33 bits per heavy atom. The third-order valence-electron chi connectivity index (χ3n) is 3.30. The van der Waals surface area contributed by atoms with Gasteiger partial charge in [0.2, 0.25) is 5.91 Å². The van der Waals surface area contributed by atoms with Crippen LogP contribution in [0.15, 0.2) is 42.5 Å². The summed E-state index contributed by atoms with van der Waals surface area (Å²) < 4.78 is 0. The number of phenolic OH excluding ortho intramolecular Hbond substituents is 1. The molecule has 3 N–H and O–H groups in total. The minimum absolute atomic E-state index is 0.0102. The molecule has 0 heterocycles. The van der Waals surface area contributed by atoms with E-state index in [4.69, 9.17) is 23.2 Å². The largest absolute Gasteiger partial charge is 0.507 e. The van der Waals surface area contributed by atoms with E-state index in [9.17, 15) is 14.7 Å². The molecular formula is C17H16Cl2N2O3. The summed E-state index contributed by atoms with van der Waals surface area (Å²) in [7, 11) is 0. The molecule has 126 valence electrons. The lowest BCUT2D eigenvalue weighted by atomic mass is 10.1. The molecule has 0 aliphatic carbocycles. The molecule has 5 nitrogen and oxygen atoms in total. The quantitative estimate of drug-likeness (QED) is 0.708. The number of halogens is 2. The van der Waals surface area contributed by atoms with Crippen LogP contribution in [0.4, 0.5) is 0 Å². The lowest BCUT2D eigenvalue weighted by Crippen LogP contribution is -2.41. The van der Waals surface area contributed by atoms with Crippen molar-refractivity contribution in [1.82, 2.24) is 10.9 Å². The van der Waals surface area contributed by atoms with Crippen LogP contribution in [0, 0.1) is 0 Å². The fourth-order valence-electron chi connectivity index (χ4n) is 2.05. The van der Waals surface area contributed by atoms with Gasteiger partial charge >= 0.3 is 0 Å². The van der Waals surface area contributed by atoms with Crippen molar-refractivity contribution in [3.8, 4) is 5.75 Å². The molecule has 0 bridgehead atoms. The minimum atomic E-state index is -0.638. The van der Waals surface area contributed by atoms with Crippen LogP contribution >= 0.6 is 23.2 Å². The number of hydrogen-bond acceptors (Lipinski definition) is 3. The number of carbonyl (C=O) groups excluding carboxylic acids is 2. The maximum Gasteiger partial charge on any atom is 0.273 e. The number of phenols is 1. The lowest BCUT2D eigenvalue weighted by molar-refractivity contribution is -0.121. The maximum absolute atomic E-state index is 11.9. The van der Waals surface area contributed by atoms with Gasteiger partial charge in [-0.05, 0) is 48.7 Å². The van der Waals surface area contributed by atoms with Gasteiger partial charge in [-0.15, -0.1) is 0 Å². The van der Waals surface area contributed by atoms with E-state index in [-0.39, 0.29) is 23.6 Å². The van der Waals surface area contributed by atoms with Crippen LogP contribution in [0.2, 0.25) is 10.0 Å². The van der Waals surface area contributed by atoms with Gasteiger partial charge in [0.05, 0.1) is 5.56 Å². The van der Waals surface area contributed by atoms with Crippen LogP contribution < -0.4 is 10.9 Å². The number of benzene rings is 2. The first-order chi connectivity index (χ1) is 11.5. The number of amides is 2. The van der Waals surface area contributed by atoms with Crippen LogP contribution in [-0.2, 0) is 11.2 Å². The number of aryl methyl sites for hydroxylation is 1. The molecule has 0 fully saturated rings. The second-order valence-corrected chi connectivity index (χ2v) is 6.02. The first-order valence-corrected chi connectivity index (χ1v) is 8.03. The Hall–Kier alpha value is -2.24. The van der Waals surface area contributed by atoms with Gasteiger partial charge in [0.15, 0.2) is 0 Å². The van der Waals surface area contributed by atoms with Crippen molar-refractivity contribution in [2.24, 2.45) is 0 Å². The Labute approximate surface area is 149 Å². The molecule has 2 aromatic rings. The van der Waals surface area contributed by atoms with E-state index in [1.165, 1.54) is 18.2 Å². The first kappa shape index (κ1) is 18.1. The Balaban J connectivity index is 1.75. The number of nitrogens with one attached hydrogen (secondary N) is 2. The number of aromatic hydroxyl groups is 1. The molecule has 2 rings (SSSR count). The number of hydrogen-bond donors (Lipinski definition) is 3. The molecule has 0 aliphatic rings. The highest BCUT2D eigenvalue weighted by molar-refractivity contribution is 6.31. The summed E-state index contributed by atoms with van der Waals surface area (Å²) in [5, 5.41) is 10.6. The molecule has 7 heteroatoms. The van der Waals surface area contributed by atoms with E-state index in [0.29, 0.717) is 16.5 Å². The number of rotatable bonds is 5. The van der Waals surface area contributed by atoms with Crippen LogP contribution in [0.25, 0.3) is 0 Å². The van der Waals surface area contributed by atoms with Crippen molar-refractivity contribution in [3.63, 3.8) is 0 Å². The zero-order valence-corrected chi connectivity index (χ0v) is 14.2. The summed E-state index contributed by atoms with van der Waals surface area (Å²) in [4.78, 5) is 23.6. The third kappa shape index (κ3) is 5.44. The molecule has 0 spiro atoms. The van der Waals surface area contributed by atoms with Crippen LogP contribution in [0.5, 0.6) is 5.75 Å². The van der Waals surface area contributed by atoms with Gasteiger partial charge < -0.3 is 5.11 Å². The van der Waals surface area contributed by atoms with Crippen LogP contribution in [0.3, 0.4) is 0 Å². The van der Waals surface area contributed by atoms with Gasteiger partial charge in [0.25, 0.3) is 5.91 Å². The molecule has 2 amide bonds. The molecular weight excluding hydrogens is 351 g/mol. The van der Waals surface area contributed by atoms with E-state index < -0.39 is 5.91 Å². The highest BCUT2D eigenvalue weighted by Crippen LogP contribution is 2.21. The average molecular weight is 367 g/mol. The molecule has 0 unspecified atom stereocenters. The topological polar surface area (TPSA) is 78.4 Å². The van der Waals surface area contributed by atoms with Crippen LogP contribution in [-0.4, -0.2) is 16.9 Å². The molecule has 0 aliphatic heterocycles. The first-order valence-electron chi connectivity index (χ1n) is 7.28. The lowest BCUT2D eigenvalue weighted by Gasteiger charge is -2.09. The summed E-state index contributed by atoms with van der Waals surface area (Å²) in [6, 6.07) is 11.5. The molecule has 0 aromatic heterocycles. The van der Waals surface area contributed by atoms with E-state index in [2.05, 4.69) is 10.9 Å². The van der Waals surface area contributed by atoms with Gasteiger partial charge in [-0.1, -0.05) is 35.3 Å². The maximum atomic E-state index is 11.9. The summed E-state index contributed by atoms with van der Waals surface area (Å²) in [5.41, 5.74) is 5.63. The predicted octanol–water partition coefficient (Wildman–Crippen LogP) is 3.48. The van der Waals surface area contributed by atoms with E-state index in [0.717, 1.165) is 12.0 Å². The Morgan fingerprint density at radius 2 is 1.62 bits per heavy atom. The van der Waals surface area contributed by atoms with Gasteiger partial charge in [0, 0.05) is 16.5 Å². The predicted molar refractivity (Wildman–Crippen MR) is 93.1 cm³/mol. The van der Waals surface area contributed by atoms with Crippen molar-refractivity contribution >= 4 is 35.0 Å². The van der Waals surface area contributed by atoms with Crippen molar-refractivity contribution < 1.29 is 14.7 Å². The van der Waals surface area contributed by atoms with Gasteiger partial charge in [-0.3, -0.25) is 20.4 Å². The standard InChI is InChI=1S/C17H16Cl2N2O3/c18-12-6-4-11(5-7-12)2-1-3-16(23)20-21-17(24)14-10-13(19)8-9-15(14)22/h4-10,22H,1-3H2,(H,20,23)(H,21,24). The van der Waals surface area contributed by atoms with E-state index >= 15 is 0 Å². The van der Waals surface area contributed by atoms with E-state index in [1.807, 2.05) is 12.1 Å². The summed E-state index contributed by atoms with van der Waals surface area (Å²) in [6.45, 7) is 0.